The van der Waals surface area contributed by atoms with E-state index in [2.05, 4.69) is 37.3 Å². The zero-order valence-electron chi connectivity index (χ0n) is 20.1. The maximum Gasteiger partial charge on any atom is 0.188 e. The van der Waals surface area contributed by atoms with E-state index in [-0.39, 0.29) is 12.4 Å². The zero-order chi connectivity index (χ0) is 24.5. The van der Waals surface area contributed by atoms with Crippen molar-refractivity contribution in [2.24, 2.45) is 0 Å². The topological polar surface area (TPSA) is 88.9 Å². The Balaban J connectivity index is 1.14. The maximum atomic E-state index is 14.6. The molecule has 2 aliphatic rings. The molecule has 2 fully saturated rings. The van der Waals surface area contributed by atoms with Crippen LogP contribution in [0.15, 0.2) is 47.0 Å². The average molecular weight is 494 g/mol. The van der Waals surface area contributed by atoms with E-state index in [1.165, 1.54) is 11.8 Å². The Morgan fingerprint density at radius 3 is 2.67 bits per heavy atom. The number of aromatic nitrogens is 3. The summed E-state index contributed by atoms with van der Waals surface area (Å²) in [5.74, 6) is 0.133. The number of ether oxygens (including phenoxy) is 3. The van der Waals surface area contributed by atoms with Crippen molar-refractivity contribution in [3.8, 4) is 28.5 Å². The molecule has 0 unspecified atom stereocenters. The van der Waals surface area contributed by atoms with Crippen LogP contribution in [-0.2, 0) is 9.47 Å². The molecule has 4 heterocycles. The Bertz CT molecular complexity index is 1330. The number of anilines is 1. The second kappa shape index (κ2) is 9.88. The van der Waals surface area contributed by atoms with Crippen molar-refractivity contribution >= 4 is 16.6 Å². The van der Waals surface area contributed by atoms with Crippen LogP contribution in [0.2, 0.25) is 0 Å². The lowest BCUT2D eigenvalue weighted by molar-refractivity contribution is 0.0105. The van der Waals surface area contributed by atoms with Crippen LogP contribution in [0.25, 0.3) is 33.6 Å². The molecule has 10 heteroatoms. The highest BCUT2D eigenvalue weighted by atomic mass is 19.1. The molecule has 0 radical (unpaired) electrons. The van der Waals surface area contributed by atoms with E-state index < -0.39 is 5.82 Å². The first kappa shape index (κ1) is 23.0. The maximum absolute atomic E-state index is 14.6. The van der Waals surface area contributed by atoms with Crippen molar-refractivity contribution in [1.29, 1.82) is 0 Å². The number of hydrogen-bond acceptors (Lipinski definition) is 8. The van der Waals surface area contributed by atoms with E-state index in [0.29, 0.717) is 40.7 Å². The molecule has 36 heavy (non-hydrogen) atoms. The summed E-state index contributed by atoms with van der Waals surface area (Å²) in [6.07, 6.45) is 0. The van der Waals surface area contributed by atoms with Gasteiger partial charge in [-0.3, -0.25) is 10.00 Å². The Labute approximate surface area is 207 Å². The van der Waals surface area contributed by atoms with Gasteiger partial charge < -0.3 is 23.6 Å². The zero-order valence-corrected chi connectivity index (χ0v) is 20.1. The third-order valence-corrected chi connectivity index (χ3v) is 6.86. The molecule has 2 aliphatic heterocycles. The van der Waals surface area contributed by atoms with E-state index in [1.807, 2.05) is 18.2 Å². The van der Waals surface area contributed by atoms with Gasteiger partial charge in [0, 0.05) is 68.1 Å². The van der Waals surface area contributed by atoms with Gasteiger partial charge in [-0.15, -0.1) is 0 Å². The predicted molar refractivity (Wildman–Crippen MR) is 133 cm³/mol. The molecule has 0 bridgehead atoms. The molecule has 0 atom stereocenters. The third-order valence-electron chi connectivity index (χ3n) is 6.86. The number of H-pyrrole nitrogens is 1. The molecule has 6 rings (SSSR count). The summed E-state index contributed by atoms with van der Waals surface area (Å²) < 4.78 is 36.0. The monoisotopic (exact) mass is 493 g/mol. The average Bonchev–Trinajstić information content (AvgIpc) is 3.52. The summed E-state index contributed by atoms with van der Waals surface area (Å²) in [4.78, 5) is 4.90. The van der Waals surface area contributed by atoms with Crippen LogP contribution in [0, 0.1) is 5.82 Å². The van der Waals surface area contributed by atoms with Crippen LogP contribution in [0.3, 0.4) is 0 Å². The molecule has 9 nitrogen and oxygen atoms in total. The third kappa shape index (κ3) is 4.43. The van der Waals surface area contributed by atoms with E-state index >= 15 is 0 Å². The first-order valence-electron chi connectivity index (χ1n) is 12.1. The van der Waals surface area contributed by atoms with E-state index in [1.54, 1.807) is 13.2 Å². The highest BCUT2D eigenvalue weighted by Gasteiger charge is 2.32. The lowest BCUT2D eigenvalue weighted by atomic mass is 10.0. The highest BCUT2D eigenvalue weighted by molar-refractivity contribution is 5.93. The highest BCUT2D eigenvalue weighted by Crippen LogP contribution is 2.33. The molecular formula is C26H28FN5O4. The molecule has 2 saturated heterocycles. The van der Waals surface area contributed by atoms with Crippen molar-refractivity contribution in [2.75, 3.05) is 64.6 Å². The SMILES string of the molecule is COCCOc1cc2[nH]nc(-c3cc(-c4ccc(N5CC(N6CCOCC6)C5)cc4)no3)c2cc1F. The quantitative estimate of drug-likeness (QED) is 0.373. The van der Waals surface area contributed by atoms with Gasteiger partial charge in [-0.1, -0.05) is 17.3 Å². The first-order chi connectivity index (χ1) is 17.7. The summed E-state index contributed by atoms with van der Waals surface area (Å²) in [5, 5.41) is 12.1. The predicted octanol–water partition coefficient (Wildman–Crippen LogP) is 3.57. The van der Waals surface area contributed by atoms with Gasteiger partial charge in [-0.2, -0.15) is 5.10 Å². The largest absolute Gasteiger partial charge is 0.488 e. The van der Waals surface area contributed by atoms with Crippen molar-refractivity contribution in [3.05, 3.63) is 48.3 Å². The van der Waals surface area contributed by atoms with Crippen molar-refractivity contribution < 1.29 is 23.1 Å². The van der Waals surface area contributed by atoms with Gasteiger partial charge in [-0.05, 0) is 18.2 Å². The minimum atomic E-state index is -0.474. The number of nitrogens with zero attached hydrogens (tertiary/aromatic N) is 4. The fraction of sp³-hybridized carbons (Fsp3) is 0.385. The van der Waals surface area contributed by atoms with Gasteiger partial charge in [0.05, 0.1) is 25.3 Å². The number of aromatic amines is 1. The fourth-order valence-electron chi connectivity index (χ4n) is 4.76. The Kier molecular flexibility index (Phi) is 6.30. The number of fused-ring (bicyclic) bond motifs is 1. The molecular weight excluding hydrogens is 465 g/mol. The second-order valence-electron chi connectivity index (χ2n) is 9.07. The number of nitrogens with one attached hydrogen (secondary N) is 1. The lowest BCUT2D eigenvalue weighted by Gasteiger charge is -2.47. The molecule has 0 amide bonds. The lowest BCUT2D eigenvalue weighted by Crippen LogP contribution is -2.61. The molecule has 2 aromatic heterocycles. The van der Waals surface area contributed by atoms with Crippen LogP contribution >= 0.6 is 0 Å². The number of halogens is 1. The van der Waals surface area contributed by atoms with Crippen LogP contribution in [0.4, 0.5) is 10.1 Å². The van der Waals surface area contributed by atoms with Crippen LogP contribution in [-0.4, -0.2) is 86.0 Å². The summed E-state index contributed by atoms with van der Waals surface area (Å²) in [5.41, 5.74) is 3.98. The van der Waals surface area contributed by atoms with Crippen molar-refractivity contribution in [2.45, 2.75) is 6.04 Å². The number of rotatable bonds is 8. The summed E-state index contributed by atoms with van der Waals surface area (Å²) in [6.45, 7) is 6.42. The molecule has 188 valence electrons. The number of morpholine rings is 1. The normalized spacial score (nSPS) is 17.0. The number of hydrogen-bond donors (Lipinski definition) is 1. The molecule has 2 aromatic carbocycles. The van der Waals surface area contributed by atoms with Gasteiger partial charge >= 0.3 is 0 Å². The van der Waals surface area contributed by atoms with E-state index in [0.717, 1.165) is 45.0 Å². The van der Waals surface area contributed by atoms with Gasteiger partial charge in [0.25, 0.3) is 0 Å². The van der Waals surface area contributed by atoms with Crippen molar-refractivity contribution in [3.63, 3.8) is 0 Å². The summed E-state index contributed by atoms with van der Waals surface area (Å²) >= 11 is 0. The Hall–Kier alpha value is -3.47. The number of benzene rings is 2. The second-order valence-corrected chi connectivity index (χ2v) is 9.07. The number of methoxy groups -OCH3 is 1. The Morgan fingerprint density at radius 1 is 1.08 bits per heavy atom. The molecule has 1 N–H and O–H groups in total. The summed E-state index contributed by atoms with van der Waals surface area (Å²) in [7, 11) is 1.57. The van der Waals surface area contributed by atoms with Gasteiger partial charge in [-0.25, -0.2) is 4.39 Å². The minimum absolute atomic E-state index is 0.145. The molecule has 4 aromatic rings. The summed E-state index contributed by atoms with van der Waals surface area (Å²) in [6, 6.07) is 13.7. The standard InChI is InChI=1S/C26H28FN5O4/c1-33-10-11-35-24-14-23-20(12-21(24)27)26(29-28-23)25-13-22(30-36-25)17-2-4-18(5-3-17)32-15-19(16-32)31-6-8-34-9-7-31/h2-5,12-14,19H,6-11,15-16H2,1H3,(H,28,29). The molecule has 0 aliphatic carbocycles. The van der Waals surface area contributed by atoms with Gasteiger partial charge in [0.2, 0.25) is 0 Å². The van der Waals surface area contributed by atoms with Crippen LogP contribution in [0.1, 0.15) is 0 Å². The first-order valence-corrected chi connectivity index (χ1v) is 12.1. The molecule has 0 spiro atoms. The van der Waals surface area contributed by atoms with Gasteiger partial charge in [0.1, 0.15) is 18.0 Å². The smallest absolute Gasteiger partial charge is 0.188 e. The van der Waals surface area contributed by atoms with Crippen LogP contribution in [0.5, 0.6) is 5.75 Å². The van der Waals surface area contributed by atoms with E-state index in [4.69, 9.17) is 18.7 Å². The van der Waals surface area contributed by atoms with E-state index in [9.17, 15) is 4.39 Å². The molecule has 0 saturated carbocycles. The fourth-order valence-corrected chi connectivity index (χ4v) is 4.76. The minimum Gasteiger partial charge on any atom is -0.488 e. The van der Waals surface area contributed by atoms with Crippen molar-refractivity contribution in [1.82, 2.24) is 20.3 Å². The van der Waals surface area contributed by atoms with Crippen LogP contribution < -0.4 is 9.64 Å². The van der Waals surface area contributed by atoms with Gasteiger partial charge in [0.15, 0.2) is 17.3 Å². The Morgan fingerprint density at radius 2 is 1.89 bits per heavy atom.